The Kier molecular flexibility index (Phi) is 3.95. The van der Waals surface area contributed by atoms with Crippen LogP contribution in [0.4, 0.5) is 0 Å². The maximum atomic E-state index is 12.7. The van der Waals surface area contributed by atoms with E-state index < -0.39 is 17.4 Å². The highest BCUT2D eigenvalue weighted by Crippen LogP contribution is 2.16. The molecule has 0 bridgehead atoms. The molecule has 2 heterocycles. The van der Waals surface area contributed by atoms with Crippen LogP contribution in [0.5, 0.6) is 0 Å². The van der Waals surface area contributed by atoms with E-state index in [0.29, 0.717) is 21.5 Å². The molecule has 0 saturated carbocycles. The monoisotopic (exact) mass is 378 g/mol. The summed E-state index contributed by atoms with van der Waals surface area (Å²) in [6.07, 6.45) is -0.948. The molecule has 0 aliphatic carbocycles. The van der Waals surface area contributed by atoms with Gasteiger partial charge in [0.1, 0.15) is 0 Å². The highest BCUT2D eigenvalue weighted by molar-refractivity contribution is 9.10. The minimum Gasteiger partial charge on any atom is -0.387 e. The number of imidazole rings is 1. The first-order chi connectivity index (χ1) is 10.9. The number of fused-ring (bicyclic) bond motifs is 1. The van der Waals surface area contributed by atoms with Gasteiger partial charge in [0.25, 0.3) is 5.56 Å². The number of benzene rings is 1. The number of halogens is 1. The van der Waals surface area contributed by atoms with Gasteiger partial charge in [0, 0.05) is 14.1 Å². The normalized spacial score (nSPS) is 12.7. The molecule has 1 aromatic carbocycles. The summed E-state index contributed by atoms with van der Waals surface area (Å²) in [5.41, 5.74) is 0.272. The molecule has 0 spiro atoms. The number of hydrogen-bond donors (Lipinski definition) is 1. The zero-order valence-electron chi connectivity index (χ0n) is 12.6. The zero-order valence-corrected chi connectivity index (χ0v) is 14.2. The van der Waals surface area contributed by atoms with Crippen LogP contribution in [0.15, 0.2) is 44.7 Å². The maximum absolute atomic E-state index is 12.7. The SMILES string of the molecule is Cn1c(Br)nc2c1c(=O)n(C[C@H](O)c1ccccc1)c(=O)n2C. The molecular weight excluding hydrogens is 364 g/mol. The van der Waals surface area contributed by atoms with Crippen LogP contribution in [0.2, 0.25) is 0 Å². The average Bonchev–Trinajstić information content (AvgIpc) is 2.86. The first kappa shape index (κ1) is 15.7. The fourth-order valence-electron chi connectivity index (χ4n) is 2.53. The lowest BCUT2D eigenvalue weighted by atomic mass is 10.1. The summed E-state index contributed by atoms with van der Waals surface area (Å²) in [6.45, 7) is -0.117. The van der Waals surface area contributed by atoms with E-state index in [0.717, 1.165) is 4.57 Å². The van der Waals surface area contributed by atoms with Crippen molar-refractivity contribution in [1.82, 2.24) is 18.7 Å². The average molecular weight is 379 g/mol. The minimum atomic E-state index is -0.948. The maximum Gasteiger partial charge on any atom is 0.332 e. The van der Waals surface area contributed by atoms with Crippen molar-refractivity contribution >= 4 is 27.1 Å². The van der Waals surface area contributed by atoms with Gasteiger partial charge in [-0.2, -0.15) is 0 Å². The molecule has 0 unspecified atom stereocenters. The number of hydrogen-bond acceptors (Lipinski definition) is 4. The van der Waals surface area contributed by atoms with Crippen LogP contribution in [-0.2, 0) is 20.6 Å². The summed E-state index contributed by atoms with van der Waals surface area (Å²) in [5.74, 6) is 0. The largest absolute Gasteiger partial charge is 0.387 e. The van der Waals surface area contributed by atoms with Crippen molar-refractivity contribution in [2.24, 2.45) is 14.1 Å². The molecule has 23 heavy (non-hydrogen) atoms. The Bertz CT molecular complexity index is 988. The number of nitrogens with zero attached hydrogens (tertiary/aromatic N) is 4. The molecule has 0 aliphatic heterocycles. The lowest BCUT2D eigenvalue weighted by molar-refractivity contribution is 0.153. The van der Waals surface area contributed by atoms with Crippen LogP contribution in [0, 0.1) is 0 Å². The van der Waals surface area contributed by atoms with E-state index >= 15 is 0 Å². The third-order valence-electron chi connectivity index (χ3n) is 3.85. The molecule has 3 rings (SSSR count). The molecule has 7 nitrogen and oxygen atoms in total. The third-order valence-corrected chi connectivity index (χ3v) is 4.55. The summed E-state index contributed by atoms with van der Waals surface area (Å²) in [7, 11) is 3.23. The second kappa shape index (κ2) is 5.78. The predicted molar refractivity (Wildman–Crippen MR) is 89.3 cm³/mol. The predicted octanol–water partition coefficient (Wildman–Crippen LogP) is 0.930. The van der Waals surface area contributed by atoms with Crippen LogP contribution in [-0.4, -0.2) is 23.8 Å². The summed E-state index contributed by atoms with van der Waals surface area (Å²) in [6, 6.07) is 8.92. The number of aliphatic hydroxyl groups is 1. The summed E-state index contributed by atoms with van der Waals surface area (Å²) < 4.78 is 4.37. The molecule has 0 radical (unpaired) electrons. The highest BCUT2D eigenvalue weighted by atomic mass is 79.9. The van der Waals surface area contributed by atoms with Crippen molar-refractivity contribution in [2.45, 2.75) is 12.6 Å². The van der Waals surface area contributed by atoms with Crippen molar-refractivity contribution in [3.8, 4) is 0 Å². The molecule has 1 atom stereocenters. The molecule has 0 amide bonds. The number of aromatic nitrogens is 4. The molecule has 3 aromatic rings. The van der Waals surface area contributed by atoms with Crippen molar-refractivity contribution in [3.05, 3.63) is 61.5 Å². The van der Waals surface area contributed by atoms with Crippen LogP contribution < -0.4 is 11.2 Å². The van der Waals surface area contributed by atoms with Crippen molar-refractivity contribution in [2.75, 3.05) is 0 Å². The zero-order chi connectivity index (χ0) is 16.7. The van der Waals surface area contributed by atoms with Gasteiger partial charge in [-0.05, 0) is 21.5 Å². The quantitative estimate of drug-likeness (QED) is 0.687. The second-order valence-electron chi connectivity index (χ2n) is 5.30. The van der Waals surface area contributed by atoms with Gasteiger partial charge < -0.3 is 9.67 Å². The molecule has 2 aromatic heterocycles. The van der Waals surface area contributed by atoms with Gasteiger partial charge in [-0.25, -0.2) is 9.78 Å². The van der Waals surface area contributed by atoms with E-state index in [9.17, 15) is 14.7 Å². The standard InChI is InChI=1S/C15H15BrN4O3/c1-18-11-12(17-14(18)16)19(2)15(23)20(13(11)22)8-10(21)9-6-4-3-5-7-9/h3-7,10,21H,8H2,1-2H3/t10-/m0/s1. The van der Waals surface area contributed by atoms with Crippen LogP contribution in [0.1, 0.15) is 11.7 Å². The third kappa shape index (κ3) is 2.53. The van der Waals surface area contributed by atoms with E-state index in [2.05, 4.69) is 20.9 Å². The Morgan fingerprint density at radius 1 is 1.17 bits per heavy atom. The Morgan fingerprint density at radius 3 is 2.48 bits per heavy atom. The Labute approximate surface area is 139 Å². The van der Waals surface area contributed by atoms with Crippen molar-refractivity contribution in [3.63, 3.8) is 0 Å². The van der Waals surface area contributed by atoms with Gasteiger partial charge in [-0.3, -0.25) is 13.9 Å². The number of aliphatic hydroxyl groups excluding tert-OH is 1. The van der Waals surface area contributed by atoms with Gasteiger partial charge in [-0.1, -0.05) is 30.3 Å². The Balaban J connectivity index is 2.17. The van der Waals surface area contributed by atoms with E-state index in [1.54, 1.807) is 42.9 Å². The minimum absolute atomic E-state index is 0.117. The molecule has 0 aliphatic rings. The molecular formula is C15H15BrN4O3. The van der Waals surface area contributed by atoms with Crippen LogP contribution >= 0.6 is 15.9 Å². The van der Waals surface area contributed by atoms with Crippen molar-refractivity contribution in [1.29, 1.82) is 0 Å². The smallest absolute Gasteiger partial charge is 0.332 e. The first-order valence-electron chi connectivity index (χ1n) is 6.96. The second-order valence-corrected chi connectivity index (χ2v) is 6.01. The molecule has 120 valence electrons. The van der Waals surface area contributed by atoms with E-state index in [-0.39, 0.29) is 6.54 Å². The fraction of sp³-hybridized carbons (Fsp3) is 0.267. The highest BCUT2D eigenvalue weighted by Gasteiger charge is 2.19. The van der Waals surface area contributed by atoms with Gasteiger partial charge in [0.15, 0.2) is 15.9 Å². The molecule has 0 fully saturated rings. The lowest BCUT2D eigenvalue weighted by Gasteiger charge is -2.13. The summed E-state index contributed by atoms with van der Waals surface area (Å²) in [4.78, 5) is 29.3. The number of rotatable bonds is 3. The molecule has 0 saturated heterocycles. The van der Waals surface area contributed by atoms with Crippen LogP contribution in [0.3, 0.4) is 0 Å². The Morgan fingerprint density at radius 2 is 1.83 bits per heavy atom. The van der Waals surface area contributed by atoms with Gasteiger partial charge in [-0.15, -0.1) is 0 Å². The van der Waals surface area contributed by atoms with E-state index in [1.807, 2.05) is 6.07 Å². The van der Waals surface area contributed by atoms with Gasteiger partial charge >= 0.3 is 5.69 Å². The van der Waals surface area contributed by atoms with Gasteiger partial charge in [0.2, 0.25) is 0 Å². The van der Waals surface area contributed by atoms with E-state index in [1.165, 1.54) is 4.57 Å². The summed E-state index contributed by atoms with van der Waals surface area (Å²) >= 11 is 3.25. The van der Waals surface area contributed by atoms with Crippen LogP contribution in [0.25, 0.3) is 11.2 Å². The fourth-order valence-corrected chi connectivity index (χ4v) is 2.88. The summed E-state index contributed by atoms with van der Waals surface area (Å²) in [5, 5.41) is 10.3. The number of aryl methyl sites for hydroxylation is 2. The molecule has 1 N–H and O–H groups in total. The first-order valence-corrected chi connectivity index (χ1v) is 7.76. The topological polar surface area (TPSA) is 82.1 Å². The van der Waals surface area contributed by atoms with E-state index in [4.69, 9.17) is 0 Å². The van der Waals surface area contributed by atoms with Gasteiger partial charge in [0.05, 0.1) is 12.6 Å². The lowest BCUT2D eigenvalue weighted by Crippen LogP contribution is -2.40. The van der Waals surface area contributed by atoms with Crippen molar-refractivity contribution < 1.29 is 5.11 Å². The Hall–Kier alpha value is -2.19. The molecule has 8 heteroatoms.